The van der Waals surface area contributed by atoms with Crippen LogP contribution in [0.5, 0.6) is 0 Å². The molecule has 1 rings (SSSR count). The van der Waals surface area contributed by atoms with Gasteiger partial charge in [0.15, 0.2) is 0 Å². The number of rotatable bonds is 1. The van der Waals surface area contributed by atoms with E-state index in [-0.39, 0.29) is 6.54 Å². The van der Waals surface area contributed by atoms with E-state index < -0.39 is 12.0 Å². The third-order valence-corrected chi connectivity index (χ3v) is 2.24. The Morgan fingerprint density at radius 2 is 2.17 bits per heavy atom. The Hall–Kier alpha value is -0.270. The van der Waals surface area contributed by atoms with Gasteiger partial charge < -0.3 is 4.57 Å². The third-order valence-electron chi connectivity index (χ3n) is 1.38. The Bertz CT molecular complexity index is 279. The first-order chi connectivity index (χ1) is 5.46. The van der Waals surface area contributed by atoms with Crippen molar-refractivity contribution in [3.63, 3.8) is 0 Å². The predicted molar refractivity (Wildman–Crippen MR) is 45.6 cm³/mol. The van der Waals surface area contributed by atoms with Gasteiger partial charge in [0.1, 0.15) is 0 Å². The molecule has 0 aliphatic carbocycles. The summed E-state index contributed by atoms with van der Waals surface area (Å²) >= 11 is 1.82. The number of aromatic nitrogens is 2. The maximum absolute atomic E-state index is 12.2. The maximum atomic E-state index is 12.2. The Morgan fingerprint density at radius 1 is 1.58 bits per heavy atom. The van der Waals surface area contributed by atoms with E-state index in [0.717, 1.165) is 4.57 Å². The second kappa shape index (κ2) is 3.23. The van der Waals surface area contributed by atoms with Crippen LogP contribution in [0, 0.1) is 3.70 Å². The van der Waals surface area contributed by atoms with Crippen molar-refractivity contribution in [2.24, 2.45) is 0 Å². The second-order valence-electron chi connectivity index (χ2n) is 2.15. The van der Waals surface area contributed by atoms with Crippen LogP contribution < -0.4 is 0 Å². The highest BCUT2D eigenvalue weighted by molar-refractivity contribution is 14.1. The number of hydrogen-bond acceptors (Lipinski definition) is 1. The average Bonchev–Trinajstić information content (AvgIpc) is 2.29. The fourth-order valence-corrected chi connectivity index (χ4v) is 1.59. The number of hydrogen-bond donors (Lipinski definition) is 0. The van der Waals surface area contributed by atoms with Gasteiger partial charge in [0.25, 0.3) is 0 Å². The molecular weight excluding hydrogens is 284 g/mol. The lowest BCUT2D eigenvalue weighted by Crippen LogP contribution is -2.15. The zero-order valence-corrected chi connectivity index (χ0v) is 8.35. The Morgan fingerprint density at radius 3 is 2.50 bits per heavy atom. The first kappa shape index (κ1) is 9.82. The molecule has 1 heterocycles. The smallest absolute Gasteiger partial charge is 0.316 e. The van der Waals surface area contributed by atoms with E-state index >= 15 is 0 Å². The van der Waals surface area contributed by atoms with Crippen LogP contribution in [0.15, 0.2) is 6.20 Å². The van der Waals surface area contributed by atoms with Crippen molar-refractivity contribution in [3.05, 3.63) is 15.7 Å². The maximum Gasteiger partial charge on any atom is 0.449 e. The Balaban J connectivity index is 3.16. The van der Waals surface area contributed by atoms with Crippen molar-refractivity contribution < 1.29 is 13.2 Å². The molecule has 0 saturated carbocycles. The van der Waals surface area contributed by atoms with Crippen LogP contribution in [0.2, 0.25) is 0 Å². The van der Waals surface area contributed by atoms with Gasteiger partial charge in [0.05, 0.1) is 9.90 Å². The fourth-order valence-electron chi connectivity index (χ4n) is 0.882. The molecule has 6 heteroatoms. The van der Waals surface area contributed by atoms with Crippen LogP contribution in [0.3, 0.4) is 0 Å². The molecule has 0 unspecified atom stereocenters. The highest BCUT2D eigenvalue weighted by Crippen LogP contribution is 2.28. The zero-order chi connectivity index (χ0) is 9.35. The SMILES string of the molecule is CCn1c(I)cnc1C(F)(F)F. The van der Waals surface area contributed by atoms with Crippen molar-refractivity contribution in [2.45, 2.75) is 19.6 Å². The van der Waals surface area contributed by atoms with Crippen molar-refractivity contribution in [1.82, 2.24) is 9.55 Å². The molecule has 0 bridgehead atoms. The highest BCUT2D eigenvalue weighted by Gasteiger charge is 2.36. The molecule has 0 saturated heterocycles. The van der Waals surface area contributed by atoms with Crippen molar-refractivity contribution in [1.29, 1.82) is 0 Å². The van der Waals surface area contributed by atoms with Crippen LogP contribution >= 0.6 is 22.6 Å². The predicted octanol–water partition coefficient (Wildman–Crippen LogP) is 2.53. The molecule has 0 aliphatic rings. The quantitative estimate of drug-likeness (QED) is 0.727. The van der Waals surface area contributed by atoms with Gasteiger partial charge in [-0.2, -0.15) is 13.2 Å². The first-order valence-electron chi connectivity index (χ1n) is 3.25. The van der Waals surface area contributed by atoms with Gasteiger partial charge >= 0.3 is 6.18 Å². The summed E-state index contributed by atoms with van der Waals surface area (Å²) in [4.78, 5) is 3.29. The summed E-state index contributed by atoms with van der Waals surface area (Å²) in [5, 5.41) is 0. The standard InChI is InChI=1S/C6H6F3IN2/c1-2-12-4(10)3-11-5(12)6(7,8)9/h3H,2H2,1H3. The summed E-state index contributed by atoms with van der Waals surface area (Å²) in [5.74, 6) is -0.825. The van der Waals surface area contributed by atoms with E-state index in [9.17, 15) is 13.2 Å². The van der Waals surface area contributed by atoms with E-state index in [2.05, 4.69) is 4.98 Å². The monoisotopic (exact) mass is 290 g/mol. The average molecular weight is 290 g/mol. The summed E-state index contributed by atoms with van der Waals surface area (Å²) in [7, 11) is 0. The van der Waals surface area contributed by atoms with Gasteiger partial charge in [-0.1, -0.05) is 0 Å². The molecule has 0 N–H and O–H groups in total. The molecule has 0 radical (unpaired) electrons. The molecule has 0 fully saturated rings. The summed E-state index contributed by atoms with van der Waals surface area (Å²) in [6, 6.07) is 0. The molecule has 0 aromatic carbocycles. The largest absolute Gasteiger partial charge is 0.449 e. The molecule has 1 aromatic heterocycles. The van der Waals surface area contributed by atoms with Gasteiger partial charge in [0.2, 0.25) is 5.82 Å². The van der Waals surface area contributed by atoms with Crippen molar-refractivity contribution in [3.8, 4) is 0 Å². The number of imidazole rings is 1. The summed E-state index contributed by atoms with van der Waals surface area (Å²) in [6.07, 6.45) is -3.13. The van der Waals surface area contributed by atoms with Crippen LogP contribution in [0.1, 0.15) is 12.7 Å². The molecule has 0 amide bonds. The van der Waals surface area contributed by atoms with Gasteiger partial charge in [-0.25, -0.2) is 4.98 Å². The summed E-state index contributed by atoms with van der Waals surface area (Å²) in [5.41, 5.74) is 0. The lowest BCUT2D eigenvalue weighted by Gasteiger charge is -2.08. The Kier molecular flexibility index (Phi) is 2.64. The van der Waals surface area contributed by atoms with Crippen molar-refractivity contribution >= 4 is 22.6 Å². The summed E-state index contributed by atoms with van der Waals surface area (Å²) in [6.45, 7) is 1.94. The van der Waals surface area contributed by atoms with Crippen molar-refractivity contribution in [2.75, 3.05) is 0 Å². The van der Waals surface area contributed by atoms with E-state index in [1.165, 1.54) is 6.20 Å². The number of nitrogens with zero attached hydrogens (tertiary/aromatic N) is 2. The number of halogens is 4. The molecule has 68 valence electrons. The van der Waals surface area contributed by atoms with E-state index in [4.69, 9.17) is 0 Å². The molecule has 0 spiro atoms. The molecule has 2 nitrogen and oxygen atoms in total. The zero-order valence-electron chi connectivity index (χ0n) is 6.19. The van der Waals surface area contributed by atoms with Gasteiger partial charge in [-0.15, -0.1) is 0 Å². The Labute approximate surface area is 80.9 Å². The van der Waals surface area contributed by atoms with Gasteiger partial charge in [-0.05, 0) is 29.5 Å². The molecule has 0 aliphatic heterocycles. The molecule has 12 heavy (non-hydrogen) atoms. The van der Waals surface area contributed by atoms with Gasteiger partial charge in [0, 0.05) is 6.54 Å². The third kappa shape index (κ3) is 1.73. The van der Waals surface area contributed by atoms with E-state index in [1.807, 2.05) is 22.6 Å². The van der Waals surface area contributed by atoms with Crippen LogP contribution in [0.25, 0.3) is 0 Å². The highest BCUT2D eigenvalue weighted by atomic mass is 127. The van der Waals surface area contributed by atoms with Crippen LogP contribution in [-0.4, -0.2) is 9.55 Å². The summed E-state index contributed by atoms with van der Waals surface area (Å²) < 4.78 is 38.1. The molecule has 1 aromatic rings. The number of alkyl halides is 3. The van der Waals surface area contributed by atoms with E-state index in [1.54, 1.807) is 6.92 Å². The second-order valence-corrected chi connectivity index (χ2v) is 3.25. The lowest BCUT2D eigenvalue weighted by molar-refractivity contribution is -0.147. The minimum atomic E-state index is -4.35. The topological polar surface area (TPSA) is 17.8 Å². The van der Waals surface area contributed by atoms with E-state index in [0.29, 0.717) is 3.70 Å². The minimum Gasteiger partial charge on any atom is -0.316 e. The fraction of sp³-hybridized carbons (Fsp3) is 0.500. The lowest BCUT2D eigenvalue weighted by atomic mass is 10.5. The normalized spacial score (nSPS) is 12.1. The van der Waals surface area contributed by atoms with Crippen LogP contribution in [0.4, 0.5) is 13.2 Å². The molecule has 0 atom stereocenters. The minimum absolute atomic E-state index is 0.285. The van der Waals surface area contributed by atoms with Crippen LogP contribution in [-0.2, 0) is 12.7 Å². The first-order valence-corrected chi connectivity index (χ1v) is 4.33. The van der Waals surface area contributed by atoms with Gasteiger partial charge in [-0.3, -0.25) is 0 Å². The molecular formula is C6H6F3IN2.